The molecule has 3 rings (SSSR count). The van der Waals surface area contributed by atoms with Crippen LogP contribution in [-0.2, 0) is 14.3 Å². The number of benzene rings is 1. The lowest BCUT2D eigenvalue weighted by molar-refractivity contribution is -0.138. The van der Waals surface area contributed by atoms with Crippen molar-refractivity contribution in [2.24, 2.45) is 0 Å². The van der Waals surface area contributed by atoms with Crippen molar-refractivity contribution < 1.29 is 29.0 Å². The van der Waals surface area contributed by atoms with Gasteiger partial charge in [0.2, 0.25) is 0 Å². The number of hydrogen-bond donors (Lipinski definition) is 1. The second-order valence-corrected chi connectivity index (χ2v) is 7.64. The van der Waals surface area contributed by atoms with Gasteiger partial charge >= 0.3 is 11.9 Å². The number of ketones is 1. The van der Waals surface area contributed by atoms with Crippen molar-refractivity contribution in [1.82, 2.24) is 4.98 Å². The van der Waals surface area contributed by atoms with Crippen LogP contribution in [-0.4, -0.2) is 53.1 Å². The lowest BCUT2D eigenvalue weighted by Crippen LogP contribution is -2.36. The van der Waals surface area contributed by atoms with Crippen LogP contribution >= 0.6 is 0 Å². The predicted molar refractivity (Wildman–Crippen MR) is 102 cm³/mol. The number of hydrogen-bond acceptors (Lipinski definition) is 7. The quantitative estimate of drug-likeness (QED) is 0.799. The molecular weight excluding hydrogens is 364 g/mol. The van der Waals surface area contributed by atoms with Crippen molar-refractivity contribution in [2.45, 2.75) is 38.8 Å². The van der Waals surface area contributed by atoms with E-state index in [1.54, 1.807) is 39.0 Å². The zero-order valence-corrected chi connectivity index (χ0v) is 16.2. The summed E-state index contributed by atoms with van der Waals surface area (Å²) >= 11 is 0. The minimum Gasteiger partial charge on any atom is -0.497 e. The highest BCUT2D eigenvalue weighted by Crippen LogP contribution is 2.33. The molecule has 8 nitrogen and oxygen atoms in total. The Labute approximate surface area is 162 Å². The number of carbonyl (C=O) groups excluding carboxylic acids is 2. The highest BCUT2D eigenvalue weighted by atomic mass is 16.6. The van der Waals surface area contributed by atoms with Gasteiger partial charge in [-0.2, -0.15) is 0 Å². The van der Waals surface area contributed by atoms with Gasteiger partial charge in [-0.3, -0.25) is 4.79 Å². The average Bonchev–Trinajstić information content (AvgIpc) is 3.00. The van der Waals surface area contributed by atoms with E-state index in [9.17, 15) is 19.5 Å². The number of pyridine rings is 1. The average molecular weight is 386 g/mol. The molecule has 2 aromatic rings. The topological polar surface area (TPSA) is 106 Å². The van der Waals surface area contributed by atoms with Gasteiger partial charge in [-0.1, -0.05) is 0 Å². The van der Waals surface area contributed by atoms with Crippen molar-refractivity contribution in [2.75, 3.05) is 18.6 Å². The molecule has 1 unspecified atom stereocenters. The summed E-state index contributed by atoms with van der Waals surface area (Å²) in [6.45, 7) is 5.19. The molecule has 8 heteroatoms. The Bertz CT molecular complexity index is 963. The van der Waals surface area contributed by atoms with Crippen LogP contribution in [0.25, 0.3) is 10.9 Å². The summed E-state index contributed by atoms with van der Waals surface area (Å²) in [7, 11) is 1.51. The van der Waals surface area contributed by atoms with Gasteiger partial charge in [0.15, 0.2) is 11.5 Å². The molecule has 1 aliphatic rings. The van der Waals surface area contributed by atoms with Crippen LogP contribution in [0.4, 0.5) is 5.69 Å². The first-order valence-corrected chi connectivity index (χ1v) is 8.82. The van der Waals surface area contributed by atoms with Crippen LogP contribution in [0.2, 0.25) is 0 Å². The maximum Gasteiger partial charge on any atom is 0.357 e. The molecule has 0 saturated carbocycles. The summed E-state index contributed by atoms with van der Waals surface area (Å²) in [6, 6.07) is 5.59. The second kappa shape index (κ2) is 7.10. The first kappa shape index (κ1) is 19.6. The third-order valence-electron chi connectivity index (χ3n) is 4.34. The van der Waals surface area contributed by atoms with Crippen LogP contribution in [0, 0.1) is 0 Å². The molecule has 0 radical (unpaired) electrons. The van der Waals surface area contributed by atoms with E-state index in [2.05, 4.69) is 4.98 Å². The summed E-state index contributed by atoms with van der Waals surface area (Å²) in [5.41, 5.74) is 0.220. The minimum absolute atomic E-state index is 0.0363. The predicted octanol–water partition coefficient (Wildman–Crippen LogP) is 2.43. The molecule has 28 heavy (non-hydrogen) atoms. The van der Waals surface area contributed by atoms with Crippen molar-refractivity contribution in [3.63, 3.8) is 0 Å². The third kappa shape index (κ3) is 3.90. The van der Waals surface area contributed by atoms with Crippen LogP contribution in [0.3, 0.4) is 0 Å². The van der Waals surface area contributed by atoms with Gasteiger partial charge in [-0.15, -0.1) is 0 Å². The molecule has 2 heterocycles. The largest absolute Gasteiger partial charge is 0.497 e. The van der Waals surface area contributed by atoms with Gasteiger partial charge in [0.05, 0.1) is 19.2 Å². The molecule has 0 spiro atoms. The number of rotatable bonds is 4. The summed E-state index contributed by atoms with van der Waals surface area (Å²) in [6.07, 6.45) is -0.0862. The number of esters is 1. The van der Waals surface area contributed by atoms with Crippen LogP contribution < -0.4 is 9.64 Å². The Morgan fingerprint density at radius 2 is 1.96 bits per heavy atom. The van der Waals surface area contributed by atoms with E-state index in [-0.39, 0.29) is 24.4 Å². The number of ether oxygens (including phenoxy) is 2. The lowest BCUT2D eigenvalue weighted by atomic mass is 10.1. The maximum absolute atomic E-state index is 12.6. The van der Waals surface area contributed by atoms with E-state index < -0.39 is 23.6 Å². The summed E-state index contributed by atoms with van der Waals surface area (Å²) < 4.78 is 10.6. The SMILES string of the molecule is COc1ccc2c(N3CC(=O)CC3C(=O)O)cc(C(=O)OC(C)(C)C)nc2c1. The molecule has 1 aromatic carbocycles. The van der Waals surface area contributed by atoms with Gasteiger partial charge in [-0.25, -0.2) is 14.6 Å². The summed E-state index contributed by atoms with van der Waals surface area (Å²) in [5, 5.41) is 10.1. The standard InChI is InChI=1S/C20H22N2O6/c1-20(2,3)28-19(26)15-9-16(22-10-11(23)7-17(22)18(24)25)13-6-5-12(27-4)8-14(13)21-15/h5-6,8-9,17H,7,10H2,1-4H3,(H,24,25). The number of anilines is 1. The van der Waals surface area contributed by atoms with Crippen molar-refractivity contribution in [3.05, 3.63) is 30.0 Å². The number of methoxy groups -OCH3 is 1. The Balaban J connectivity index is 2.18. The zero-order valence-electron chi connectivity index (χ0n) is 16.2. The summed E-state index contributed by atoms with van der Waals surface area (Å²) in [5.74, 6) is -1.36. The molecular formula is C20H22N2O6. The van der Waals surface area contributed by atoms with Crippen molar-refractivity contribution in [3.8, 4) is 5.75 Å². The number of fused-ring (bicyclic) bond motifs is 1. The molecule has 1 aliphatic heterocycles. The Hall–Kier alpha value is -3.16. The molecule has 1 atom stereocenters. The smallest absolute Gasteiger partial charge is 0.357 e. The molecule has 1 saturated heterocycles. The van der Waals surface area contributed by atoms with Gasteiger partial charge in [0.25, 0.3) is 0 Å². The molecule has 1 N–H and O–H groups in total. The summed E-state index contributed by atoms with van der Waals surface area (Å²) in [4.78, 5) is 42.1. The molecule has 0 bridgehead atoms. The minimum atomic E-state index is -1.09. The van der Waals surface area contributed by atoms with E-state index in [0.29, 0.717) is 22.3 Å². The Morgan fingerprint density at radius 1 is 1.25 bits per heavy atom. The Kier molecular flexibility index (Phi) is 4.97. The van der Waals surface area contributed by atoms with Gasteiger partial charge < -0.3 is 19.5 Å². The number of Topliss-reactive ketones (excluding diaryl/α,β-unsaturated/α-hetero) is 1. The normalized spacial score (nSPS) is 17.1. The molecule has 1 aromatic heterocycles. The van der Waals surface area contributed by atoms with Crippen LogP contribution in [0.1, 0.15) is 37.7 Å². The van der Waals surface area contributed by atoms with Gasteiger partial charge in [-0.05, 0) is 39.0 Å². The van der Waals surface area contributed by atoms with E-state index in [0.717, 1.165) is 0 Å². The third-order valence-corrected chi connectivity index (χ3v) is 4.34. The molecule has 0 aliphatic carbocycles. The second-order valence-electron chi connectivity index (χ2n) is 7.64. The monoisotopic (exact) mass is 386 g/mol. The van der Waals surface area contributed by atoms with Gasteiger partial charge in [0.1, 0.15) is 17.4 Å². The highest BCUT2D eigenvalue weighted by molar-refractivity contribution is 6.03. The lowest BCUT2D eigenvalue weighted by Gasteiger charge is -2.25. The number of aliphatic carboxylic acids is 1. The van der Waals surface area contributed by atoms with E-state index in [1.165, 1.54) is 18.1 Å². The fraction of sp³-hybridized carbons (Fsp3) is 0.400. The first-order chi connectivity index (χ1) is 13.1. The van der Waals surface area contributed by atoms with E-state index in [1.807, 2.05) is 0 Å². The highest BCUT2D eigenvalue weighted by Gasteiger charge is 2.37. The zero-order chi connectivity index (χ0) is 20.6. The molecule has 1 fully saturated rings. The maximum atomic E-state index is 12.6. The number of nitrogens with zero attached hydrogens (tertiary/aromatic N) is 2. The fourth-order valence-corrected chi connectivity index (χ4v) is 3.15. The number of carbonyl (C=O) groups is 3. The van der Waals surface area contributed by atoms with E-state index >= 15 is 0 Å². The molecule has 0 amide bonds. The van der Waals surface area contributed by atoms with Crippen molar-refractivity contribution in [1.29, 1.82) is 0 Å². The van der Waals surface area contributed by atoms with Gasteiger partial charge in [0, 0.05) is 23.6 Å². The van der Waals surface area contributed by atoms with Crippen molar-refractivity contribution >= 4 is 34.3 Å². The number of aromatic nitrogens is 1. The molecule has 148 valence electrons. The van der Waals surface area contributed by atoms with Crippen LogP contribution in [0.5, 0.6) is 5.75 Å². The number of carboxylic acid groups (broad SMARTS) is 1. The number of carboxylic acids is 1. The van der Waals surface area contributed by atoms with E-state index in [4.69, 9.17) is 9.47 Å². The van der Waals surface area contributed by atoms with Crippen LogP contribution in [0.15, 0.2) is 24.3 Å². The fourth-order valence-electron chi connectivity index (χ4n) is 3.15. The first-order valence-electron chi connectivity index (χ1n) is 8.82. The Morgan fingerprint density at radius 3 is 2.57 bits per heavy atom.